The first-order valence-corrected chi connectivity index (χ1v) is 6.60. The van der Waals surface area contributed by atoms with E-state index in [2.05, 4.69) is 5.32 Å². The largest absolute Gasteiger partial charge is 0.452 e. The number of ether oxygens (including phenoxy) is 1. The number of carbonyl (C=O) groups excluding carboxylic acids is 2. The zero-order chi connectivity index (χ0) is 13.8. The van der Waals surface area contributed by atoms with E-state index in [9.17, 15) is 9.59 Å². The summed E-state index contributed by atoms with van der Waals surface area (Å²) in [4.78, 5) is 23.2. The number of nitrogens with one attached hydrogen (secondary N) is 1. The molecular formula is C15H19NO3. The summed E-state index contributed by atoms with van der Waals surface area (Å²) in [6, 6.07) is 7.93. The van der Waals surface area contributed by atoms with Crippen molar-refractivity contribution < 1.29 is 14.3 Å². The van der Waals surface area contributed by atoms with E-state index >= 15 is 0 Å². The van der Waals surface area contributed by atoms with Gasteiger partial charge in [-0.3, -0.25) is 9.59 Å². The van der Waals surface area contributed by atoms with Gasteiger partial charge >= 0.3 is 5.97 Å². The summed E-state index contributed by atoms with van der Waals surface area (Å²) in [6.45, 7) is 4.07. The molecule has 1 fully saturated rings. The van der Waals surface area contributed by atoms with Crippen molar-refractivity contribution in [2.75, 3.05) is 0 Å². The molecule has 1 atom stereocenters. The quantitative estimate of drug-likeness (QED) is 0.824. The molecule has 4 heteroatoms. The van der Waals surface area contributed by atoms with Crippen LogP contribution >= 0.6 is 0 Å². The molecule has 0 heterocycles. The van der Waals surface area contributed by atoms with E-state index in [4.69, 9.17) is 4.74 Å². The van der Waals surface area contributed by atoms with Gasteiger partial charge in [-0.2, -0.15) is 0 Å². The molecule has 0 radical (unpaired) electrons. The van der Waals surface area contributed by atoms with Crippen molar-refractivity contribution in [2.45, 2.75) is 39.3 Å². The van der Waals surface area contributed by atoms with E-state index in [1.54, 1.807) is 6.92 Å². The SMILES string of the molecule is Cc1ccc(CNC(=O)[C@@H](C)OC(=O)C2CC2)cc1. The molecule has 4 nitrogen and oxygen atoms in total. The number of esters is 1. The molecule has 2 rings (SSSR count). The first kappa shape index (κ1) is 13.6. The summed E-state index contributed by atoms with van der Waals surface area (Å²) in [6.07, 6.45) is 1.05. The highest BCUT2D eigenvalue weighted by atomic mass is 16.5. The van der Waals surface area contributed by atoms with Crippen molar-refractivity contribution in [1.82, 2.24) is 5.32 Å². The normalized spacial score (nSPS) is 15.7. The predicted octanol–water partition coefficient (Wildman–Crippen LogP) is 1.95. The molecule has 1 N–H and O–H groups in total. The van der Waals surface area contributed by atoms with Crippen LogP contribution in [0.5, 0.6) is 0 Å². The minimum Gasteiger partial charge on any atom is -0.452 e. The van der Waals surface area contributed by atoms with Crippen LogP contribution in [0, 0.1) is 12.8 Å². The van der Waals surface area contributed by atoms with Crippen LogP contribution < -0.4 is 5.32 Å². The van der Waals surface area contributed by atoms with Crippen LogP contribution in [0.2, 0.25) is 0 Å². The molecule has 0 aliphatic heterocycles. The number of benzene rings is 1. The Morgan fingerprint density at radius 2 is 1.95 bits per heavy atom. The lowest BCUT2D eigenvalue weighted by molar-refractivity contribution is -0.156. The van der Waals surface area contributed by atoms with Crippen LogP contribution in [0.1, 0.15) is 30.9 Å². The van der Waals surface area contributed by atoms with Crippen molar-refractivity contribution >= 4 is 11.9 Å². The Balaban J connectivity index is 1.76. The summed E-state index contributed by atoms with van der Waals surface area (Å²) in [5.74, 6) is -0.486. The summed E-state index contributed by atoms with van der Waals surface area (Å²) in [5, 5.41) is 2.77. The molecule has 1 amide bonds. The fourth-order valence-corrected chi connectivity index (χ4v) is 1.68. The van der Waals surface area contributed by atoms with Gasteiger partial charge in [0.25, 0.3) is 5.91 Å². The Morgan fingerprint density at radius 1 is 1.32 bits per heavy atom. The van der Waals surface area contributed by atoms with Crippen LogP contribution in [0.4, 0.5) is 0 Å². The maximum absolute atomic E-state index is 11.8. The van der Waals surface area contributed by atoms with E-state index in [0.717, 1.165) is 18.4 Å². The second-order valence-electron chi connectivity index (χ2n) is 5.06. The molecule has 0 spiro atoms. The Kier molecular flexibility index (Phi) is 4.20. The molecule has 0 aromatic heterocycles. The van der Waals surface area contributed by atoms with Crippen molar-refractivity contribution in [1.29, 1.82) is 0 Å². The third kappa shape index (κ3) is 4.09. The average Bonchev–Trinajstić information content (AvgIpc) is 3.21. The fraction of sp³-hybridized carbons (Fsp3) is 0.467. The molecule has 1 saturated carbocycles. The minimum absolute atomic E-state index is 0.0207. The number of amides is 1. The molecule has 1 aromatic carbocycles. The third-order valence-corrected chi connectivity index (χ3v) is 3.16. The minimum atomic E-state index is -0.724. The van der Waals surface area contributed by atoms with Crippen LogP contribution in [0.25, 0.3) is 0 Å². The van der Waals surface area contributed by atoms with Gasteiger partial charge in [-0.25, -0.2) is 0 Å². The van der Waals surface area contributed by atoms with Gasteiger partial charge < -0.3 is 10.1 Å². The van der Waals surface area contributed by atoms with Gasteiger partial charge in [0.1, 0.15) is 0 Å². The lowest BCUT2D eigenvalue weighted by atomic mass is 10.1. The highest BCUT2D eigenvalue weighted by molar-refractivity contribution is 5.84. The zero-order valence-corrected chi connectivity index (χ0v) is 11.3. The van der Waals surface area contributed by atoms with Crippen molar-refractivity contribution in [3.05, 3.63) is 35.4 Å². The van der Waals surface area contributed by atoms with Crippen LogP contribution in [-0.2, 0) is 20.9 Å². The van der Waals surface area contributed by atoms with E-state index in [1.807, 2.05) is 31.2 Å². The predicted molar refractivity (Wildman–Crippen MR) is 71.3 cm³/mol. The molecule has 19 heavy (non-hydrogen) atoms. The van der Waals surface area contributed by atoms with Crippen LogP contribution in [0.15, 0.2) is 24.3 Å². The van der Waals surface area contributed by atoms with Gasteiger partial charge in [0.15, 0.2) is 6.10 Å². The number of hydrogen-bond donors (Lipinski definition) is 1. The molecule has 0 saturated heterocycles. The third-order valence-electron chi connectivity index (χ3n) is 3.16. The average molecular weight is 261 g/mol. The zero-order valence-electron chi connectivity index (χ0n) is 11.3. The highest BCUT2D eigenvalue weighted by Crippen LogP contribution is 2.30. The fourth-order valence-electron chi connectivity index (χ4n) is 1.68. The molecule has 1 aliphatic carbocycles. The highest BCUT2D eigenvalue weighted by Gasteiger charge is 2.33. The Labute approximate surface area is 113 Å². The Morgan fingerprint density at radius 3 is 2.53 bits per heavy atom. The van der Waals surface area contributed by atoms with Crippen molar-refractivity contribution in [2.24, 2.45) is 5.92 Å². The smallest absolute Gasteiger partial charge is 0.309 e. The lowest BCUT2D eigenvalue weighted by Crippen LogP contribution is -2.35. The van der Waals surface area contributed by atoms with Crippen LogP contribution in [0.3, 0.4) is 0 Å². The van der Waals surface area contributed by atoms with Crippen molar-refractivity contribution in [3.8, 4) is 0 Å². The van der Waals surface area contributed by atoms with Crippen LogP contribution in [-0.4, -0.2) is 18.0 Å². The maximum Gasteiger partial charge on any atom is 0.309 e. The monoisotopic (exact) mass is 261 g/mol. The van der Waals surface area contributed by atoms with Gasteiger partial charge in [-0.15, -0.1) is 0 Å². The summed E-state index contributed by atoms with van der Waals surface area (Å²) in [7, 11) is 0. The molecule has 1 aliphatic rings. The standard InChI is InChI=1S/C15H19NO3/c1-10-3-5-12(6-4-10)9-16-14(17)11(2)19-15(18)13-7-8-13/h3-6,11,13H,7-9H2,1-2H3,(H,16,17)/t11-/m1/s1. The summed E-state index contributed by atoms with van der Waals surface area (Å²) < 4.78 is 5.09. The molecule has 0 unspecified atom stereocenters. The van der Waals surface area contributed by atoms with Gasteiger partial charge in [-0.1, -0.05) is 29.8 Å². The number of rotatable bonds is 5. The molecule has 0 bridgehead atoms. The summed E-state index contributed by atoms with van der Waals surface area (Å²) >= 11 is 0. The first-order chi connectivity index (χ1) is 9.06. The van der Waals surface area contributed by atoms with E-state index in [1.165, 1.54) is 5.56 Å². The van der Waals surface area contributed by atoms with Gasteiger partial charge in [0, 0.05) is 6.54 Å². The first-order valence-electron chi connectivity index (χ1n) is 6.60. The number of carbonyl (C=O) groups is 2. The Hall–Kier alpha value is -1.84. The molecule has 1 aromatic rings. The number of hydrogen-bond acceptors (Lipinski definition) is 3. The summed E-state index contributed by atoms with van der Waals surface area (Å²) in [5.41, 5.74) is 2.21. The molecule has 102 valence electrons. The van der Waals surface area contributed by atoms with E-state index in [0.29, 0.717) is 6.54 Å². The van der Waals surface area contributed by atoms with Gasteiger partial charge in [0.2, 0.25) is 0 Å². The molecular weight excluding hydrogens is 242 g/mol. The Bertz CT molecular complexity index is 463. The number of aryl methyl sites for hydroxylation is 1. The second kappa shape index (κ2) is 5.87. The lowest BCUT2D eigenvalue weighted by Gasteiger charge is -2.13. The van der Waals surface area contributed by atoms with E-state index < -0.39 is 6.10 Å². The second-order valence-corrected chi connectivity index (χ2v) is 5.06. The maximum atomic E-state index is 11.8. The van der Waals surface area contributed by atoms with Crippen molar-refractivity contribution in [3.63, 3.8) is 0 Å². The van der Waals surface area contributed by atoms with Gasteiger partial charge in [0.05, 0.1) is 5.92 Å². The van der Waals surface area contributed by atoms with E-state index in [-0.39, 0.29) is 17.8 Å². The van der Waals surface area contributed by atoms with Gasteiger partial charge in [-0.05, 0) is 32.3 Å². The topological polar surface area (TPSA) is 55.4 Å².